The molecule has 0 unspecified atom stereocenters. The van der Waals surface area contributed by atoms with E-state index in [0.29, 0.717) is 17.2 Å². The molecule has 214 valence electrons. The van der Waals surface area contributed by atoms with Crippen LogP contribution in [0.3, 0.4) is 0 Å². The minimum absolute atomic E-state index is 0.122. The highest BCUT2D eigenvalue weighted by Crippen LogP contribution is 2.30. The largest absolute Gasteiger partial charge is 0.493 e. The van der Waals surface area contributed by atoms with Crippen molar-refractivity contribution in [1.82, 2.24) is 10.2 Å². The summed E-state index contributed by atoms with van der Waals surface area (Å²) in [6.07, 6.45) is -0.576. The molecule has 0 fully saturated rings. The maximum Gasteiger partial charge on any atom is 0.407 e. The van der Waals surface area contributed by atoms with Gasteiger partial charge < -0.3 is 29.7 Å². The Morgan fingerprint density at radius 3 is 2.40 bits per heavy atom. The van der Waals surface area contributed by atoms with Gasteiger partial charge in [0.15, 0.2) is 11.5 Å². The Morgan fingerprint density at radius 1 is 0.975 bits per heavy atom. The lowest BCUT2D eigenvalue weighted by Crippen LogP contribution is -2.41. The van der Waals surface area contributed by atoms with Gasteiger partial charge in [-0.05, 0) is 69.2 Å². The number of rotatable bonds is 10. The molecule has 0 aliphatic carbocycles. The fraction of sp³-hybridized carbons (Fsp3) is 0.333. The van der Waals surface area contributed by atoms with Gasteiger partial charge >= 0.3 is 12.1 Å². The third-order valence-corrected chi connectivity index (χ3v) is 5.72. The van der Waals surface area contributed by atoms with Crippen LogP contribution < -0.4 is 20.1 Å². The molecular weight excluding hydrogens is 520 g/mol. The van der Waals surface area contributed by atoms with Crippen LogP contribution in [-0.4, -0.2) is 42.8 Å². The van der Waals surface area contributed by atoms with Crippen molar-refractivity contribution in [3.63, 3.8) is 0 Å². The molecule has 40 heavy (non-hydrogen) atoms. The van der Waals surface area contributed by atoms with Gasteiger partial charge in [0.1, 0.15) is 23.8 Å². The molecule has 0 spiro atoms. The van der Waals surface area contributed by atoms with Crippen molar-refractivity contribution in [1.29, 1.82) is 0 Å². The van der Waals surface area contributed by atoms with Gasteiger partial charge in [-0.3, -0.25) is 0 Å². The summed E-state index contributed by atoms with van der Waals surface area (Å²) in [6.45, 7) is 7.63. The summed E-state index contributed by atoms with van der Waals surface area (Å²) in [5.74, 6) is -0.630. The van der Waals surface area contributed by atoms with Crippen molar-refractivity contribution in [2.75, 3.05) is 25.5 Å². The van der Waals surface area contributed by atoms with Crippen molar-refractivity contribution < 1.29 is 32.6 Å². The number of aryl methyl sites for hydroxylation is 1. The number of alkyl carbamates (subject to hydrolysis) is 1. The van der Waals surface area contributed by atoms with E-state index in [2.05, 4.69) is 10.6 Å². The number of hydrogen-bond donors (Lipinski definition) is 2. The monoisotopic (exact) mass is 555 g/mol. The molecule has 0 saturated heterocycles. The average molecular weight is 556 g/mol. The van der Waals surface area contributed by atoms with E-state index >= 15 is 0 Å². The van der Waals surface area contributed by atoms with Crippen LogP contribution in [0, 0.1) is 18.6 Å². The lowest BCUT2D eigenvalue weighted by Gasteiger charge is -2.25. The van der Waals surface area contributed by atoms with Crippen molar-refractivity contribution in [3.8, 4) is 11.5 Å². The van der Waals surface area contributed by atoms with E-state index in [1.807, 2.05) is 31.2 Å². The zero-order valence-electron chi connectivity index (χ0n) is 23.3. The third-order valence-electron chi connectivity index (χ3n) is 5.72. The summed E-state index contributed by atoms with van der Waals surface area (Å²) in [5, 5.41) is 5.60. The number of nitrogens with one attached hydrogen (secondary N) is 2. The first-order valence-corrected chi connectivity index (χ1v) is 12.8. The van der Waals surface area contributed by atoms with Crippen LogP contribution in [0.5, 0.6) is 11.5 Å². The molecule has 8 nitrogen and oxygen atoms in total. The number of halogens is 2. The predicted molar refractivity (Wildman–Crippen MR) is 149 cm³/mol. The summed E-state index contributed by atoms with van der Waals surface area (Å²) < 4.78 is 43.7. The molecule has 3 aromatic carbocycles. The molecule has 2 N–H and O–H groups in total. The molecule has 0 aliphatic heterocycles. The predicted octanol–water partition coefficient (Wildman–Crippen LogP) is 6.42. The quantitative estimate of drug-likeness (QED) is 0.301. The molecule has 3 rings (SSSR count). The van der Waals surface area contributed by atoms with E-state index in [1.165, 1.54) is 13.2 Å². The Morgan fingerprint density at radius 2 is 1.73 bits per heavy atom. The van der Waals surface area contributed by atoms with E-state index in [4.69, 9.17) is 14.2 Å². The van der Waals surface area contributed by atoms with Crippen LogP contribution in [0.15, 0.2) is 60.7 Å². The maximum atomic E-state index is 14.0. The first kappa shape index (κ1) is 30.2. The standard InChI is InChI=1S/C30H35F2N3O5/c1-20-8-6-7-9-25(20)34-28(36)35(15-14-33-29(37)40-30(2,3)4)18-21-10-13-26(27(16-21)38-5)39-19-22-11-12-23(31)17-24(22)32/h6-13,16-17H,14-15,18-19H2,1-5H3,(H,33,37)(H,34,36). The summed E-state index contributed by atoms with van der Waals surface area (Å²) in [5.41, 5.74) is 1.86. The smallest absolute Gasteiger partial charge is 0.407 e. The van der Waals surface area contributed by atoms with Gasteiger partial charge in [-0.1, -0.05) is 24.3 Å². The van der Waals surface area contributed by atoms with Crippen molar-refractivity contribution in [2.24, 2.45) is 0 Å². The molecule has 10 heteroatoms. The van der Waals surface area contributed by atoms with Gasteiger partial charge in [0.05, 0.1) is 7.11 Å². The van der Waals surface area contributed by atoms with Gasteiger partial charge in [-0.2, -0.15) is 0 Å². The third kappa shape index (κ3) is 9.14. The van der Waals surface area contributed by atoms with Gasteiger partial charge in [-0.15, -0.1) is 0 Å². The number of amides is 3. The Hall–Kier alpha value is -4.34. The molecule has 0 heterocycles. The number of methoxy groups -OCH3 is 1. The van der Waals surface area contributed by atoms with E-state index in [-0.39, 0.29) is 37.8 Å². The minimum atomic E-state index is -0.703. The molecule has 0 aliphatic rings. The van der Waals surface area contributed by atoms with Gasteiger partial charge in [0.2, 0.25) is 0 Å². The van der Waals surface area contributed by atoms with Gasteiger partial charge in [0.25, 0.3) is 0 Å². The van der Waals surface area contributed by atoms with Gasteiger partial charge in [-0.25, -0.2) is 18.4 Å². The lowest BCUT2D eigenvalue weighted by molar-refractivity contribution is 0.0523. The van der Waals surface area contributed by atoms with E-state index in [1.54, 1.807) is 43.9 Å². The van der Waals surface area contributed by atoms with E-state index in [0.717, 1.165) is 23.3 Å². The summed E-state index contributed by atoms with van der Waals surface area (Å²) >= 11 is 0. The fourth-order valence-electron chi connectivity index (χ4n) is 3.71. The van der Waals surface area contributed by atoms with Crippen LogP contribution in [0.2, 0.25) is 0 Å². The van der Waals surface area contributed by atoms with Gasteiger partial charge in [0, 0.05) is 37.0 Å². The van der Waals surface area contributed by atoms with Crippen LogP contribution >= 0.6 is 0 Å². The number of carbonyl (C=O) groups excluding carboxylic acids is 2. The van der Waals surface area contributed by atoms with E-state index in [9.17, 15) is 18.4 Å². The minimum Gasteiger partial charge on any atom is -0.493 e. The normalized spacial score (nSPS) is 11.0. The average Bonchev–Trinajstić information content (AvgIpc) is 2.88. The Kier molecular flexibility index (Phi) is 10.3. The van der Waals surface area contributed by atoms with E-state index < -0.39 is 23.3 Å². The summed E-state index contributed by atoms with van der Waals surface area (Å²) in [6, 6.07) is 15.5. The van der Waals surface area contributed by atoms with Crippen molar-refractivity contribution >= 4 is 17.8 Å². The van der Waals surface area contributed by atoms with Crippen LogP contribution in [0.4, 0.5) is 24.1 Å². The SMILES string of the molecule is COc1cc(CN(CCNC(=O)OC(C)(C)C)C(=O)Nc2ccccc2C)ccc1OCc1ccc(F)cc1F. The van der Waals surface area contributed by atoms with Crippen molar-refractivity contribution in [3.05, 3.63) is 89.0 Å². The fourth-order valence-corrected chi connectivity index (χ4v) is 3.71. The Labute approximate surface area is 233 Å². The lowest BCUT2D eigenvalue weighted by atomic mass is 10.1. The van der Waals surface area contributed by atoms with Crippen LogP contribution in [0.25, 0.3) is 0 Å². The summed E-state index contributed by atoms with van der Waals surface area (Å²) in [7, 11) is 1.47. The highest BCUT2D eigenvalue weighted by molar-refractivity contribution is 5.90. The molecule has 3 aromatic rings. The number of nitrogens with zero attached hydrogens (tertiary/aromatic N) is 1. The van der Waals surface area contributed by atoms with Crippen LogP contribution in [-0.2, 0) is 17.9 Å². The maximum absolute atomic E-state index is 14.0. The zero-order chi connectivity index (χ0) is 29.3. The number of hydrogen-bond acceptors (Lipinski definition) is 5. The Bertz CT molecular complexity index is 1330. The molecule has 0 atom stereocenters. The number of urea groups is 1. The first-order valence-electron chi connectivity index (χ1n) is 12.8. The number of carbonyl (C=O) groups is 2. The van der Waals surface area contributed by atoms with Crippen LogP contribution in [0.1, 0.15) is 37.5 Å². The topological polar surface area (TPSA) is 89.1 Å². The first-order chi connectivity index (χ1) is 18.9. The molecular formula is C30H35F2N3O5. The number of ether oxygens (including phenoxy) is 3. The second-order valence-corrected chi connectivity index (χ2v) is 10.1. The number of para-hydroxylation sites is 1. The van der Waals surface area contributed by atoms with Crippen molar-refractivity contribution in [2.45, 2.75) is 46.4 Å². The zero-order valence-corrected chi connectivity index (χ0v) is 23.3. The Balaban J connectivity index is 1.73. The number of anilines is 1. The summed E-state index contributed by atoms with van der Waals surface area (Å²) in [4.78, 5) is 26.9. The molecule has 0 aromatic heterocycles. The second kappa shape index (κ2) is 13.6. The molecule has 0 radical (unpaired) electrons. The number of benzene rings is 3. The molecule has 0 bridgehead atoms. The highest BCUT2D eigenvalue weighted by atomic mass is 19.1. The second-order valence-electron chi connectivity index (χ2n) is 10.1. The molecule has 0 saturated carbocycles. The molecule has 3 amide bonds. The highest BCUT2D eigenvalue weighted by Gasteiger charge is 2.19.